The third kappa shape index (κ3) is 2.67. The van der Waals surface area contributed by atoms with E-state index in [0.29, 0.717) is 18.4 Å². The second-order valence-electron chi connectivity index (χ2n) is 4.98. The molecular formula is C12H12F2N6O. The monoisotopic (exact) mass is 294 g/mol. The summed E-state index contributed by atoms with van der Waals surface area (Å²) in [5.74, 6) is -1.70. The first-order valence-electron chi connectivity index (χ1n) is 6.28. The lowest BCUT2D eigenvalue weighted by atomic mass is 10.0. The third-order valence-electron chi connectivity index (χ3n) is 3.40. The van der Waals surface area contributed by atoms with Gasteiger partial charge >= 0.3 is 0 Å². The van der Waals surface area contributed by atoms with Crippen molar-refractivity contribution in [3.05, 3.63) is 35.4 Å². The quantitative estimate of drug-likeness (QED) is 0.847. The summed E-state index contributed by atoms with van der Waals surface area (Å²) in [4.78, 5) is 12.0. The summed E-state index contributed by atoms with van der Waals surface area (Å²) in [5, 5.41) is 13.1. The molecule has 9 heteroatoms. The topological polar surface area (TPSA) is 98.7 Å². The van der Waals surface area contributed by atoms with Gasteiger partial charge in [-0.2, -0.15) is 0 Å². The molecule has 1 saturated carbocycles. The average Bonchev–Trinajstić information content (AvgIpc) is 3.07. The summed E-state index contributed by atoms with van der Waals surface area (Å²) in [6.07, 6.45) is 1.24. The van der Waals surface area contributed by atoms with Crippen LogP contribution < -0.4 is 11.1 Å². The van der Waals surface area contributed by atoms with Crippen LogP contribution in [0, 0.1) is 11.6 Å². The maximum absolute atomic E-state index is 13.3. The van der Waals surface area contributed by atoms with Gasteiger partial charge in [-0.3, -0.25) is 4.79 Å². The Labute approximate surface area is 118 Å². The molecule has 1 aromatic heterocycles. The van der Waals surface area contributed by atoms with Gasteiger partial charge in [0.25, 0.3) is 0 Å². The van der Waals surface area contributed by atoms with Crippen molar-refractivity contribution in [2.45, 2.75) is 24.9 Å². The fourth-order valence-electron chi connectivity index (χ4n) is 2.21. The smallest absolute Gasteiger partial charge is 0.242 e. The summed E-state index contributed by atoms with van der Waals surface area (Å²) in [7, 11) is 0. The third-order valence-corrected chi connectivity index (χ3v) is 3.40. The number of hydrogen-bond acceptors (Lipinski definition) is 5. The Kier molecular flexibility index (Phi) is 3.04. The van der Waals surface area contributed by atoms with E-state index in [0.717, 1.165) is 10.7 Å². The number of anilines is 1. The van der Waals surface area contributed by atoms with Gasteiger partial charge in [0, 0.05) is 6.07 Å². The lowest BCUT2D eigenvalue weighted by Crippen LogP contribution is -2.37. The number of nitrogens with one attached hydrogen (secondary N) is 1. The average molecular weight is 294 g/mol. The molecule has 21 heavy (non-hydrogen) atoms. The highest BCUT2D eigenvalue weighted by Gasteiger charge is 2.46. The number of nitrogen functional groups attached to an aromatic ring is 1. The normalized spacial score (nSPS) is 15.7. The van der Waals surface area contributed by atoms with Gasteiger partial charge in [0.2, 0.25) is 11.9 Å². The molecule has 2 aromatic rings. The van der Waals surface area contributed by atoms with Crippen LogP contribution in [0.5, 0.6) is 0 Å². The van der Waals surface area contributed by atoms with Crippen LogP contribution in [0.25, 0.3) is 0 Å². The fraction of sp³-hybridized carbons (Fsp3) is 0.333. The zero-order chi connectivity index (χ0) is 15.0. The van der Waals surface area contributed by atoms with Crippen LogP contribution in [0.1, 0.15) is 18.4 Å². The predicted molar refractivity (Wildman–Crippen MR) is 67.6 cm³/mol. The highest BCUT2D eigenvalue weighted by atomic mass is 19.1. The number of nitrogens with zero attached hydrogens (tertiary/aromatic N) is 4. The molecule has 0 atom stereocenters. The van der Waals surface area contributed by atoms with E-state index < -0.39 is 17.2 Å². The number of carbonyl (C=O) groups is 1. The zero-order valence-electron chi connectivity index (χ0n) is 10.9. The lowest BCUT2D eigenvalue weighted by molar-refractivity contribution is -0.122. The molecule has 3 rings (SSSR count). The number of halogens is 2. The van der Waals surface area contributed by atoms with E-state index in [4.69, 9.17) is 5.73 Å². The number of rotatable bonds is 4. The number of benzene rings is 1. The van der Waals surface area contributed by atoms with E-state index in [1.807, 2.05) is 0 Å². The van der Waals surface area contributed by atoms with Crippen molar-refractivity contribution in [3.63, 3.8) is 0 Å². The SMILES string of the molecule is Nc1nnnn1CC(=O)NC1(c2cc(F)cc(F)c2)CC1. The van der Waals surface area contributed by atoms with Crippen molar-refractivity contribution in [2.24, 2.45) is 0 Å². The molecule has 1 aliphatic carbocycles. The van der Waals surface area contributed by atoms with Crippen LogP contribution in [-0.2, 0) is 16.9 Å². The van der Waals surface area contributed by atoms with Gasteiger partial charge in [-0.1, -0.05) is 5.10 Å². The summed E-state index contributed by atoms with van der Waals surface area (Å²) in [5.41, 5.74) is 5.16. The molecule has 0 unspecified atom stereocenters. The van der Waals surface area contributed by atoms with Crippen molar-refractivity contribution < 1.29 is 13.6 Å². The maximum Gasteiger partial charge on any atom is 0.242 e. The second-order valence-corrected chi connectivity index (χ2v) is 4.98. The minimum atomic E-state index is -0.719. The number of aromatic nitrogens is 4. The first-order valence-corrected chi connectivity index (χ1v) is 6.28. The number of hydrogen-bond donors (Lipinski definition) is 2. The Bertz CT molecular complexity index is 677. The number of tetrazole rings is 1. The van der Waals surface area contributed by atoms with E-state index >= 15 is 0 Å². The van der Waals surface area contributed by atoms with Crippen LogP contribution in [0.4, 0.5) is 14.7 Å². The van der Waals surface area contributed by atoms with Crippen molar-refractivity contribution >= 4 is 11.9 Å². The number of nitrogens with two attached hydrogens (primary N) is 1. The maximum atomic E-state index is 13.3. The van der Waals surface area contributed by atoms with Crippen LogP contribution in [-0.4, -0.2) is 26.1 Å². The van der Waals surface area contributed by atoms with Crippen LogP contribution in [0.15, 0.2) is 18.2 Å². The van der Waals surface area contributed by atoms with Crippen LogP contribution >= 0.6 is 0 Å². The minimum Gasteiger partial charge on any atom is -0.367 e. The van der Waals surface area contributed by atoms with Gasteiger partial charge in [0.1, 0.15) is 18.2 Å². The molecule has 3 N–H and O–H groups in total. The first kappa shape index (κ1) is 13.4. The highest BCUT2D eigenvalue weighted by molar-refractivity contribution is 5.77. The van der Waals surface area contributed by atoms with Crippen molar-refractivity contribution in [3.8, 4) is 0 Å². The zero-order valence-corrected chi connectivity index (χ0v) is 10.9. The van der Waals surface area contributed by atoms with Crippen LogP contribution in [0.2, 0.25) is 0 Å². The van der Waals surface area contributed by atoms with Gasteiger partial charge in [0.15, 0.2) is 0 Å². The lowest BCUT2D eigenvalue weighted by Gasteiger charge is -2.18. The summed E-state index contributed by atoms with van der Waals surface area (Å²) < 4.78 is 27.7. The Balaban J connectivity index is 1.74. The molecule has 1 fully saturated rings. The standard InChI is InChI=1S/C12H12F2N6O/c13-8-3-7(4-9(14)5-8)12(1-2-12)16-10(21)6-20-11(15)17-18-19-20/h3-5H,1-2,6H2,(H,16,21)(H2,15,17,19). The van der Waals surface area contributed by atoms with Gasteiger partial charge in [-0.15, -0.1) is 0 Å². The molecule has 0 aliphatic heterocycles. The molecule has 0 radical (unpaired) electrons. The Morgan fingerprint density at radius 3 is 2.52 bits per heavy atom. The molecule has 0 saturated heterocycles. The van der Waals surface area contributed by atoms with Gasteiger partial charge in [-0.05, 0) is 41.0 Å². The van der Waals surface area contributed by atoms with E-state index in [1.54, 1.807) is 0 Å². The predicted octanol–water partition coefficient (Wildman–Crippen LogP) is 0.339. The molecule has 1 aromatic carbocycles. The van der Waals surface area contributed by atoms with Gasteiger partial charge in [0.05, 0.1) is 5.54 Å². The summed E-state index contributed by atoms with van der Waals surface area (Å²) in [6.45, 7) is -0.154. The van der Waals surface area contributed by atoms with Crippen molar-refractivity contribution in [1.29, 1.82) is 0 Å². The number of carbonyl (C=O) groups excluding carboxylic acids is 1. The molecule has 0 spiro atoms. The molecule has 1 heterocycles. The van der Waals surface area contributed by atoms with E-state index in [2.05, 4.69) is 20.8 Å². The molecule has 110 valence electrons. The van der Waals surface area contributed by atoms with Crippen molar-refractivity contribution in [2.75, 3.05) is 5.73 Å². The van der Waals surface area contributed by atoms with Gasteiger partial charge < -0.3 is 11.1 Å². The van der Waals surface area contributed by atoms with Crippen LogP contribution in [0.3, 0.4) is 0 Å². The van der Waals surface area contributed by atoms with E-state index in [1.165, 1.54) is 12.1 Å². The largest absolute Gasteiger partial charge is 0.367 e. The first-order chi connectivity index (χ1) is 9.98. The Morgan fingerprint density at radius 1 is 1.33 bits per heavy atom. The van der Waals surface area contributed by atoms with E-state index in [9.17, 15) is 13.6 Å². The molecule has 7 nitrogen and oxygen atoms in total. The second kappa shape index (κ2) is 4.76. The Morgan fingerprint density at radius 2 is 2.00 bits per heavy atom. The highest BCUT2D eigenvalue weighted by Crippen LogP contribution is 2.45. The minimum absolute atomic E-state index is 0.0202. The molecule has 1 aliphatic rings. The number of amides is 1. The van der Waals surface area contributed by atoms with Gasteiger partial charge in [-0.25, -0.2) is 13.5 Å². The van der Waals surface area contributed by atoms with Crippen molar-refractivity contribution in [1.82, 2.24) is 25.5 Å². The molecule has 0 bridgehead atoms. The van der Waals surface area contributed by atoms with E-state index in [-0.39, 0.29) is 18.4 Å². The molecular weight excluding hydrogens is 282 g/mol. The summed E-state index contributed by atoms with van der Waals surface area (Å²) >= 11 is 0. The summed E-state index contributed by atoms with van der Waals surface area (Å²) in [6, 6.07) is 3.24. The fourth-order valence-corrected chi connectivity index (χ4v) is 2.21. The Hall–Kier alpha value is -2.58. The molecule has 1 amide bonds.